The predicted molar refractivity (Wildman–Crippen MR) is 83.2 cm³/mol. The molecule has 2 aromatic heterocycles. The fourth-order valence-corrected chi connectivity index (χ4v) is 3.01. The van der Waals surface area contributed by atoms with Gasteiger partial charge < -0.3 is 9.42 Å². The Kier molecular flexibility index (Phi) is 3.18. The Morgan fingerprint density at radius 1 is 1.23 bits per heavy atom. The van der Waals surface area contributed by atoms with E-state index >= 15 is 0 Å². The molecule has 0 aliphatic carbocycles. The van der Waals surface area contributed by atoms with Crippen LogP contribution in [0.3, 0.4) is 0 Å². The van der Waals surface area contributed by atoms with Gasteiger partial charge in [0, 0.05) is 18.5 Å². The van der Waals surface area contributed by atoms with Gasteiger partial charge in [-0.25, -0.2) is 0 Å². The molecular weight excluding hydrogens is 278 g/mol. The lowest BCUT2D eigenvalue weighted by molar-refractivity contribution is 0.132. The van der Waals surface area contributed by atoms with Crippen molar-refractivity contribution in [2.24, 2.45) is 0 Å². The molecule has 1 aliphatic rings. The van der Waals surface area contributed by atoms with Crippen LogP contribution in [0.5, 0.6) is 0 Å². The zero-order valence-corrected chi connectivity index (χ0v) is 12.9. The summed E-state index contributed by atoms with van der Waals surface area (Å²) in [6, 6.07) is 8.16. The Morgan fingerprint density at radius 2 is 2.05 bits per heavy atom. The van der Waals surface area contributed by atoms with Crippen LogP contribution in [-0.2, 0) is 6.42 Å². The van der Waals surface area contributed by atoms with Gasteiger partial charge in [0.25, 0.3) is 5.95 Å². The first-order valence-corrected chi connectivity index (χ1v) is 7.83. The average Bonchev–Trinajstić information content (AvgIpc) is 3.10. The molecule has 0 amide bonds. The van der Waals surface area contributed by atoms with Crippen molar-refractivity contribution in [3.63, 3.8) is 0 Å². The minimum Gasteiger partial charge on any atom is -0.337 e. The molecule has 0 unspecified atom stereocenters. The van der Waals surface area contributed by atoms with E-state index in [0.717, 1.165) is 48.5 Å². The maximum Gasteiger partial charge on any atom is 0.291 e. The van der Waals surface area contributed by atoms with Crippen molar-refractivity contribution >= 4 is 10.9 Å². The van der Waals surface area contributed by atoms with E-state index in [1.54, 1.807) is 4.68 Å². The highest BCUT2D eigenvalue weighted by atomic mass is 16.5. The quantitative estimate of drug-likeness (QED) is 0.740. The smallest absolute Gasteiger partial charge is 0.291 e. The molecule has 0 bridgehead atoms. The lowest BCUT2D eigenvalue weighted by Crippen LogP contribution is -2.44. The van der Waals surface area contributed by atoms with Crippen molar-refractivity contribution in [3.05, 3.63) is 35.9 Å². The third-order valence-corrected chi connectivity index (χ3v) is 4.37. The zero-order valence-electron chi connectivity index (χ0n) is 12.9. The number of para-hydroxylation sites is 1. The third-order valence-electron chi connectivity index (χ3n) is 4.37. The molecular formula is C16H19N5O. The number of likely N-dealkylation sites (N-methyl/N-ethyl adjacent to an activating group) is 1. The number of hydrogen-bond acceptors (Lipinski definition) is 5. The maximum absolute atomic E-state index is 5.46. The van der Waals surface area contributed by atoms with Gasteiger partial charge in [0.05, 0.1) is 17.1 Å². The third kappa shape index (κ3) is 2.02. The van der Waals surface area contributed by atoms with E-state index in [1.165, 1.54) is 0 Å². The van der Waals surface area contributed by atoms with Crippen molar-refractivity contribution in [3.8, 4) is 5.95 Å². The van der Waals surface area contributed by atoms with Crippen molar-refractivity contribution < 1.29 is 4.52 Å². The van der Waals surface area contributed by atoms with Crippen LogP contribution >= 0.6 is 0 Å². The Hall–Kier alpha value is -2.21. The summed E-state index contributed by atoms with van der Waals surface area (Å²) in [5.41, 5.74) is 2.08. The van der Waals surface area contributed by atoms with E-state index < -0.39 is 0 Å². The molecule has 0 spiro atoms. The van der Waals surface area contributed by atoms with Crippen LogP contribution in [0.4, 0.5) is 0 Å². The summed E-state index contributed by atoms with van der Waals surface area (Å²) in [5.74, 6) is 1.60. The molecule has 4 rings (SSSR count). The molecule has 6 heteroatoms. The Morgan fingerprint density at radius 3 is 2.82 bits per heavy atom. The van der Waals surface area contributed by atoms with Gasteiger partial charge in [0.15, 0.2) is 0 Å². The Labute approximate surface area is 128 Å². The summed E-state index contributed by atoms with van der Waals surface area (Å²) in [6.45, 7) is 7.34. The molecule has 1 aromatic carbocycles. The van der Waals surface area contributed by atoms with Crippen molar-refractivity contribution in [1.82, 2.24) is 24.8 Å². The number of rotatable bonds is 4. The fourth-order valence-electron chi connectivity index (χ4n) is 3.01. The summed E-state index contributed by atoms with van der Waals surface area (Å²) >= 11 is 0. The van der Waals surface area contributed by atoms with E-state index in [9.17, 15) is 0 Å². The summed E-state index contributed by atoms with van der Waals surface area (Å²) in [6.07, 6.45) is 0.881. The average molecular weight is 297 g/mol. The molecule has 1 saturated heterocycles. The second kappa shape index (κ2) is 5.21. The molecule has 6 nitrogen and oxygen atoms in total. The van der Waals surface area contributed by atoms with Crippen LogP contribution in [0.1, 0.15) is 31.4 Å². The van der Waals surface area contributed by atoms with Gasteiger partial charge in [0.1, 0.15) is 0 Å². The largest absolute Gasteiger partial charge is 0.337 e. The monoisotopic (exact) mass is 297 g/mol. The molecule has 3 aromatic rings. The van der Waals surface area contributed by atoms with Gasteiger partial charge in [-0.3, -0.25) is 0 Å². The minimum atomic E-state index is 0.355. The second-order valence-electron chi connectivity index (χ2n) is 5.71. The van der Waals surface area contributed by atoms with Crippen molar-refractivity contribution in [2.75, 3.05) is 19.6 Å². The number of aryl methyl sites for hydroxylation is 1. The number of aromatic nitrogens is 4. The van der Waals surface area contributed by atoms with Crippen molar-refractivity contribution in [2.45, 2.75) is 26.2 Å². The van der Waals surface area contributed by atoms with E-state index in [1.807, 2.05) is 18.2 Å². The molecule has 0 atom stereocenters. The van der Waals surface area contributed by atoms with Crippen LogP contribution < -0.4 is 0 Å². The van der Waals surface area contributed by atoms with Crippen LogP contribution in [0.25, 0.3) is 16.9 Å². The van der Waals surface area contributed by atoms with Gasteiger partial charge in [-0.15, -0.1) is 0 Å². The standard InChI is InChI=1S/C16H19N5O/c1-3-13-12-7-5-6-8-14(12)21(18-13)16-17-15(22-19-16)11-9-20(4-2)10-11/h5-8,11H,3-4,9-10H2,1-2H3. The molecule has 0 N–H and O–H groups in total. The van der Waals surface area contributed by atoms with Crippen LogP contribution in [0, 0.1) is 0 Å². The molecule has 3 heterocycles. The highest BCUT2D eigenvalue weighted by Crippen LogP contribution is 2.27. The first-order valence-electron chi connectivity index (χ1n) is 7.83. The van der Waals surface area contributed by atoms with Crippen molar-refractivity contribution in [1.29, 1.82) is 0 Å². The van der Waals surface area contributed by atoms with Gasteiger partial charge in [-0.2, -0.15) is 14.8 Å². The number of nitrogens with zero attached hydrogens (tertiary/aromatic N) is 5. The molecule has 1 aliphatic heterocycles. The van der Waals surface area contributed by atoms with E-state index in [2.05, 4.69) is 40.1 Å². The molecule has 1 fully saturated rings. The van der Waals surface area contributed by atoms with E-state index in [0.29, 0.717) is 11.9 Å². The Bertz CT molecular complexity index is 800. The number of benzene rings is 1. The topological polar surface area (TPSA) is 60.0 Å². The van der Waals surface area contributed by atoms with Gasteiger partial charge in [-0.05, 0) is 24.2 Å². The minimum absolute atomic E-state index is 0.355. The first kappa shape index (κ1) is 13.5. The molecule has 22 heavy (non-hydrogen) atoms. The van der Waals surface area contributed by atoms with Gasteiger partial charge >= 0.3 is 0 Å². The van der Waals surface area contributed by atoms with Crippen LogP contribution in [-0.4, -0.2) is 44.5 Å². The summed E-state index contributed by atoms with van der Waals surface area (Å²) < 4.78 is 7.25. The summed E-state index contributed by atoms with van der Waals surface area (Å²) in [4.78, 5) is 6.92. The zero-order chi connectivity index (χ0) is 15.1. The molecule has 0 saturated carbocycles. The number of likely N-dealkylation sites (tertiary alicyclic amines) is 1. The van der Waals surface area contributed by atoms with Crippen LogP contribution in [0.15, 0.2) is 28.8 Å². The SMILES string of the molecule is CCc1nn(-c2noc(C3CN(CC)C3)n2)c2ccccc12. The highest BCUT2D eigenvalue weighted by Gasteiger charge is 2.31. The fraction of sp³-hybridized carbons (Fsp3) is 0.438. The maximum atomic E-state index is 5.46. The normalized spacial score (nSPS) is 16.3. The molecule has 0 radical (unpaired) electrons. The Balaban J connectivity index is 1.69. The lowest BCUT2D eigenvalue weighted by atomic mass is 10.0. The summed E-state index contributed by atoms with van der Waals surface area (Å²) in [5, 5.41) is 9.93. The van der Waals surface area contributed by atoms with Gasteiger partial charge in [-0.1, -0.05) is 32.0 Å². The van der Waals surface area contributed by atoms with E-state index in [-0.39, 0.29) is 0 Å². The first-order chi connectivity index (χ1) is 10.8. The van der Waals surface area contributed by atoms with E-state index in [4.69, 9.17) is 4.52 Å². The van der Waals surface area contributed by atoms with Gasteiger partial charge in [0.2, 0.25) is 5.89 Å². The second-order valence-corrected chi connectivity index (χ2v) is 5.71. The number of fused-ring (bicyclic) bond motifs is 1. The number of hydrogen-bond donors (Lipinski definition) is 0. The van der Waals surface area contributed by atoms with Crippen LogP contribution in [0.2, 0.25) is 0 Å². The predicted octanol–water partition coefficient (Wildman–Crippen LogP) is 2.39. The lowest BCUT2D eigenvalue weighted by Gasteiger charge is -2.35. The highest BCUT2D eigenvalue weighted by molar-refractivity contribution is 5.83. The summed E-state index contributed by atoms with van der Waals surface area (Å²) in [7, 11) is 0. The molecule has 114 valence electrons.